The summed E-state index contributed by atoms with van der Waals surface area (Å²) in [5.41, 5.74) is 1.15. The van der Waals surface area contributed by atoms with Crippen LogP contribution in [0.5, 0.6) is 0 Å². The first-order chi connectivity index (χ1) is 14.3. The first-order valence-electron chi connectivity index (χ1n) is 11.3. The van der Waals surface area contributed by atoms with E-state index in [2.05, 4.69) is 6.92 Å². The van der Waals surface area contributed by atoms with Gasteiger partial charge in [0.05, 0.1) is 11.9 Å². The van der Waals surface area contributed by atoms with E-state index in [1.165, 1.54) is 29.7 Å². The van der Waals surface area contributed by atoms with Gasteiger partial charge in [-0.1, -0.05) is 26.2 Å². The minimum Gasteiger partial charge on any atom is -0.341 e. The molecule has 6 nitrogen and oxygen atoms in total. The fourth-order valence-corrected chi connectivity index (χ4v) is 6.34. The highest BCUT2D eigenvalue weighted by Crippen LogP contribution is 2.36. The van der Waals surface area contributed by atoms with Gasteiger partial charge < -0.3 is 9.80 Å². The summed E-state index contributed by atoms with van der Waals surface area (Å²) in [5, 5.41) is 0.762. The number of hydrogen-bond acceptors (Lipinski definition) is 5. The quantitative estimate of drug-likeness (QED) is 0.729. The van der Waals surface area contributed by atoms with Crippen LogP contribution in [-0.2, 0) is 30.7 Å². The smallest absolute Gasteiger partial charge is 0.263 e. The molecule has 164 valence electrons. The maximum Gasteiger partial charge on any atom is 0.263 e. The molecule has 4 rings (SSSR count). The van der Waals surface area contributed by atoms with Crippen LogP contribution in [-0.4, -0.2) is 52.4 Å². The van der Waals surface area contributed by atoms with Crippen LogP contribution in [0, 0.1) is 5.92 Å². The third-order valence-corrected chi connectivity index (χ3v) is 7.91. The number of aryl methyl sites for hydroxylation is 1. The minimum atomic E-state index is -0.0331. The van der Waals surface area contributed by atoms with Gasteiger partial charge in [0.1, 0.15) is 17.2 Å². The Kier molecular flexibility index (Phi) is 6.30. The van der Waals surface area contributed by atoms with Crippen molar-refractivity contribution in [2.75, 3.05) is 21.1 Å². The van der Waals surface area contributed by atoms with E-state index < -0.39 is 0 Å². The lowest BCUT2D eigenvalue weighted by molar-refractivity contribution is -0.133. The number of aromatic nitrogens is 2. The predicted molar refractivity (Wildman–Crippen MR) is 122 cm³/mol. The number of nitrogens with zero attached hydrogens (tertiary/aromatic N) is 4. The number of carbonyl (C=O) groups is 1. The van der Waals surface area contributed by atoms with Gasteiger partial charge in [0.15, 0.2) is 0 Å². The average Bonchev–Trinajstić information content (AvgIpc) is 3.07. The molecular weight excluding hydrogens is 396 g/mol. The van der Waals surface area contributed by atoms with Gasteiger partial charge >= 0.3 is 0 Å². The molecule has 2 aliphatic carbocycles. The number of hydrogen-bond donors (Lipinski definition) is 0. The number of amides is 1. The highest BCUT2D eigenvalue weighted by Gasteiger charge is 2.27. The molecule has 2 heterocycles. The van der Waals surface area contributed by atoms with Gasteiger partial charge in [-0.05, 0) is 57.7 Å². The standard InChI is InChI=1S/C23H34N4O2S/c1-15-10-11-17-18(12-15)30-22-21(17)23(29)27(19(24-22)13-25(2)3)14-20(28)26(4)16-8-6-5-7-9-16/h15-16H,5-14H2,1-4H3. The van der Waals surface area contributed by atoms with Gasteiger partial charge in [-0.25, -0.2) is 4.98 Å². The average molecular weight is 431 g/mol. The van der Waals surface area contributed by atoms with Crippen LogP contribution in [0.1, 0.15) is 61.7 Å². The Labute approximate surface area is 182 Å². The van der Waals surface area contributed by atoms with Crippen molar-refractivity contribution in [1.29, 1.82) is 0 Å². The van der Waals surface area contributed by atoms with Crippen LogP contribution in [0.3, 0.4) is 0 Å². The van der Waals surface area contributed by atoms with Crippen LogP contribution in [0.15, 0.2) is 4.79 Å². The zero-order valence-electron chi connectivity index (χ0n) is 18.7. The molecule has 1 atom stereocenters. The van der Waals surface area contributed by atoms with E-state index in [1.54, 1.807) is 15.9 Å². The predicted octanol–water partition coefficient (Wildman–Crippen LogP) is 3.44. The van der Waals surface area contributed by atoms with Crippen molar-refractivity contribution in [1.82, 2.24) is 19.4 Å². The Morgan fingerprint density at radius 2 is 1.90 bits per heavy atom. The van der Waals surface area contributed by atoms with Gasteiger partial charge in [-0.3, -0.25) is 14.2 Å². The van der Waals surface area contributed by atoms with Gasteiger partial charge in [-0.2, -0.15) is 0 Å². The molecule has 1 fully saturated rings. The number of carbonyl (C=O) groups excluding carboxylic acids is 1. The number of thiophene rings is 1. The van der Waals surface area contributed by atoms with Crippen molar-refractivity contribution in [2.24, 2.45) is 5.92 Å². The largest absolute Gasteiger partial charge is 0.341 e. The van der Waals surface area contributed by atoms with Crippen molar-refractivity contribution in [3.63, 3.8) is 0 Å². The Hall–Kier alpha value is -1.73. The number of fused-ring (bicyclic) bond motifs is 3. The van der Waals surface area contributed by atoms with Gasteiger partial charge in [0.25, 0.3) is 5.56 Å². The first kappa shape index (κ1) is 21.5. The molecule has 30 heavy (non-hydrogen) atoms. The molecule has 0 aliphatic heterocycles. The molecule has 2 aromatic heterocycles. The van der Waals surface area contributed by atoms with Crippen LogP contribution in [0.4, 0.5) is 0 Å². The first-order valence-corrected chi connectivity index (χ1v) is 12.1. The summed E-state index contributed by atoms with van der Waals surface area (Å²) in [4.78, 5) is 37.7. The van der Waals surface area contributed by atoms with E-state index in [0.29, 0.717) is 24.3 Å². The van der Waals surface area contributed by atoms with Gasteiger partial charge in [0, 0.05) is 18.0 Å². The van der Waals surface area contributed by atoms with E-state index in [4.69, 9.17) is 4.98 Å². The maximum atomic E-state index is 13.6. The third kappa shape index (κ3) is 4.19. The van der Waals surface area contributed by atoms with Crippen LogP contribution < -0.4 is 5.56 Å². The topological polar surface area (TPSA) is 58.4 Å². The Morgan fingerprint density at radius 1 is 1.17 bits per heavy atom. The Bertz CT molecular complexity index is 987. The van der Waals surface area contributed by atoms with Crippen LogP contribution >= 0.6 is 11.3 Å². The molecule has 1 saturated carbocycles. The summed E-state index contributed by atoms with van der Waals surface area (Å²) >= 11 is 1.68. The molecule has 1 unspecified atom stereocenters. The molecule has 0 bridgehead atoms. The molecule has 0 spiro atoms. The van der Waals surface area contributed by atoms with Crippen molar-refractivity contribution in [2.45, 2.75) is 77.4 Å². The summed E-state index contributed by atoms with van der Waals surface area (Å²) in [6.07, 6.45) is 8.83. The van der Waals surface area contributed by atoms with Gasteiger partial charge in [0.2, 0.25) is 5.91 Å². The van der Waals surface area contributed by atoms with Crippen molar-refractivity contribution in [3.8, 4) is 0 Å². The van der Waals surface area contributed by atoms with E-state index in [0.717, 1.165) is 42.3 Å². The Morgan fingerprint density at radius 3 is 2.60 bits per heavy atom. The summed E-state index contributed by atoms with van der Waals surface area (Å²) in [5.74, 6) is 1.36. The second-order valence-corrected chi connectivity index (χ2v) is 10.6. The van der Waals surface area contributed by atoms with E-state index in [-0.39, 0.29) is 18.0 Å². The normalized spacial score (nSPS) is 20.0. The molecule has 0 radical (unpaired) electrons. The molecule has 1 amide bonds. The molecule has 2 aliphatic rings. The summed E-state index contributed by atoms with van der Waals surface area (Å²) in [6, 6.07) is 0.298. The second-order valence-electron chi connectivity index (χ2n) is 9.49. The zero-order chi connectivity index (χ0) is 21.4. The SMILES string of the molecule is CC1CCc2c(sc3nc(CN(C)C)n(CC(=O)N(C)C4CCCCC4)c(=O)c23)C1. The van der Waals surface area contributed by atoms with Crippen molar-refractivity contribution < 1.29 is 4.79 Å². The van der Waals surface area contributed by atoms with Crippen LogP contribution in [0.25, 0.3) is 10.2 Å². The molecule has 2 aromatic rings. The highest BCUT2D eigenvalue weighted by atomic mass is 32.1. The van der Waals surface area contributed by atoms with E-state index in [1.807, 2.05) is 30.9 Å². The monoisotopic (exact) mass is 430 g/mol. The molecule has 0 aromatic carbocycles. The summed E-state index contributed by atoms with van der Waals surface area (Å²) in [6.45, 7) is 2.90. The molecule has 0 N–H and O–H groups in total. The number of rotatable bonds is 5. The molecule has 7 heteroatoms. The lowest BCUT2D eigenvalue weighted by Crippen LogP contribution is -2.42. The highest BCUT2D eigenvalue weighted by molar-refractivity contribution is 7.18. The fraction of sp³-hybridized carbons (Fsp3) is 0.696. The van der Waals surface area contributed by atoms with Crippen molar-refractivity contribution >= 4 is 27.5 Å². The fourth-order valence-electron chi connectivity index (χ4n) is 4.95. The summed E-state index contributed by atoms with van der Waals surface area (Å²) in [7, 11) is 5.84. The Balaban J connectivity index is 1.72. The van der Waals surface area contributed by atoms with E-state index in [9.17, 15) is 9.59 Å². The zero-order valence-corrected chi connectivity index (χ0v) is 19.6. The summed E-state index contributed by atoms with van der Waals surface area (Å²) < 4.78 is 1.65. The molecule has 0 saturated heterocycles. The van der Waals surface area contributed by atoms with E-state index >= 15 is 0 Å². The second kappa shape index (κ2) is 8.79. The lowest BCUT2D eigenvalue weighted by atomic mass is 9.89. The molecular formula is C23H34N4O2S. The lowest BCUT2D eigenvalue weighted by Gasteiger charge is -2.31. The maximum absolute atomic E-state index is 13.6. The number of likely N-dealkylation sites (N-methyl/N-ethyl adjacent to an activating group) is 1. The van der Waals surface area contributed by atoms with Crippen LogP contribution in [0.2, 0.25) is 0 Å². The van der Waals surface area contributed by atoms with Gasteiger partial charge in [-0.15, -0.1) is 11.3 Å². The van der Waals surface area contributed by atoms with Crippen molar-refractivity contribution in [3.05, 3.63) is 26.6 Å². The third-order valence-electron chi connectivity index (χ3n) is 6.76. The minimum absolute atomic E-state index is 0.0166.